The van der Waals surface area contributed by atoms with Crippen LogP contribution in [-0.4, -0.2) is 53.6 Å². The van der Waals surface area contributed by atoms with Crippen molar-refractivity contribution in [2.24, 2.45) is 0 Å². The van der Waals surface area contributed by atoms with Crippen LogP contribution in [-0.2, 0) is 17.7 Å². The smallest absolute Gasteiger partial charge is 0.254 e. The number of hydrogen-bond acceptors (Lipinski definition) is 6. The summed E-state index contributed by atoms with van der Waals surface area (Å²) in [6, 6.07) is 13.8. The average Bonchev–Trinajstić information content (AvgIpc) is 2.85. The molecule has 0 atom stereocenters. The molecule has 1 aromatic heterocycles. The number of morpholine rings is 1. The summed E-state index contributed by atoms with van der Waals surface area (Å²) in [7, 11) is 0. The van der Waals surface area contributed by atoms with Gasteiger partial charge in [-0.2, -0.15) is 4.98 Å². The highest BCUT2D eigenvalue weighted by Gasteiger charge is 2.29. The number of anilines is 1. The number of carbonyl (C=O) groups is 1. The van der Waals surface area contributed by atoms with Gasteiger partial charge in [0.1, 0.15) is 0 Å². The van der Waals surface area contributed by atoms with Gasteiger partial charge in [0.15, 0.2) is 11.6 Å². The van der Waals surface area contributed by atoms with Crippen LogP contribution in [0.25, 0.3) is 0 Å². The van der Waals surface area contributed by atoms with Crippen molar-refractivity contribution in [1.82, 2.24) is 14.9 Å². The number of hydrogen-bond donors (Lipinski definition) is 0. The molecular formula is C25H25FN4O3. The van der Waals surface area contributed by atoms with Crippen molar-refractivity contribution in [3.05, 3.63) is 76.7 Å². The maximum Gasteiger partial charge on any atom is 0.254 e. The van der Waals surface area contributed by atoms with E-state index < -0.39 is 5.82 Å². The maximum absolute atomic E-state index is 14.4. The van der Waals surface area contributed by atoms with E-state index in [1.807, 2.05) is 36.1 Å². The maximum atomic E-state index is 14.4. The molecule has 5 rings (SSSR count). The molecule has 2 aliphatic rings. The van der Waals surface area contributed by atoms with Gasteiger partial charge in [-0.3, -0.25) is 4.79 Å². The lowest BCUT2D eigenvalue weighted by atomic mass is 10.0. The van der Waals surface area contributed by atoms with E-state index in [1.54, 1.807) is 23.1 Å². The number of carbonyl (C=O) groups excluding carboxylic acids is 1. The number of amides is 1. The molecule has 8 heteroatoms. The second kappa shape index (κ2) is 9.15. The molecule has 2 aromatic carbocycles. The number of aromatic nitrogens is 2. The van der Waals surface area contributed by atoms with Crippen molar-refractivity contribution >= 4 is 11.9 Å². The lowest BCUT2D eigenvalue weighted by Crippen LogP contribution is -2.39. The first kappa shape index (κ1) is 21.3. The molecule has 3 heterocycles. The molecule has 0 aliphatic carbocycles. The second-order valence-corrected chi connectivity index (χ2v) is 8.23. The van der Waals surface area contributed by atoms with Crippen molar-refractivity contribution in [3.8, 4) is 11.6 Å². The van der Waals surface area contributed by atoms with Crippen molar-refractivity contribution < 1.29 is 18.7 Å². The SMILES string of the molecule is Cc1cccc(C(=O)N2CCc3nc(N4CCOCC4)nc(Oc4ccccc4F)c3C2)c1. The van der Waals surface area contributed by atoms with E-state index in [2.05, 4.69) is 4.98 Å². The standard InChI is InChI=1S/C25H25FN4O3/c1-17-5-4-6-18(15-17)24(31)30-10-9-21-19(16-30)23(33-22-8-3-2-7-20(22)26)28-25(27-21)29-11-13-32-14-12-29/h2-8,15H,9-14,16H2,1H3. The third-order valence-electron chi connectivity index (χ3n) is 5.90. The van der Waals surface area contributed by atoms with E-state index in [0.29, 0.717) is 62.9 Å². The van der Waals surface area contributed by atoms with Crippen LogP contribution in [0.4, 0.5) is 10.3 Å². The third kappa shape index (κ3) is 4.52. The van der Waals surface area contributed by atoms with Crippen LogP contribution >= 0.6 is 0 Å². The Morgan fingerprint density at radius 1 is 1.06 bits per heavy atom. The lowest BCUT2D eigenvalue weighted by molar-refractivity contribution is 0.0731. The van der Waals surface area contributed by atoms with Crippen LogP contribution in [0.15, 0.2) is 48.5 Å². The van der Waals surface area contributed by atoms with Gasteiger partial charge in [0, 0.05) is 31.6 Å². The Balaban J connectivity index is 1.50. The highest BCUT2D eigenvalue weighted by atomic mass is 19.1. The highest BCUT2D eigenvalue weighted by molar-refractivity contribution is 5.94. The molecule has 3 aromatic rings. The van der Waals surface area contributed by atoms with Crippen LogP contribution in [0.5, 0.6) is 11.6 Å². The molecule has 0 saturated carbocycles. The molecule has 2 aliphatic heterocycles. The summed E-state index contributed by atoms with van der Waals surface area (Å²) in [5.41, 5.74) is 3.20. The number of ether oxygens (including phenoxy) is 2. The topological polar surface area (TPSA) is 67.8 Å². The summed E-state index contributed by atoms with van der Waals surface area (Å²) in [6.45, 7) is 5.36. The zero-order valence-corrected chi connectivity index (χ0v) is 18.5. The molecule has 0 radical (unpaired) electrons. The Kier molecular flexibility index (Phi) is 5.92. The largest absolute Gasteiger partial charge is 0.435 e. The van der Waals surface area contributed by atoms with Gasteiger partial charge in [-0.1, -0.05) is 29.8 Å². The van der Waals surface area contributed by atoms with Gasteiger partial charge in [-0.15, -0.1) is 0 Å². The number of fused-ring (bicyclic) bond motifs is 1. The van der Waals surface area contributed by atoms with Crippen molar-refractivity contribution in [2.45, 2.75) is 19.9 Å². The molecule has 170 valence electrons. The zero-order chi connectivity index (χ0) is 22.8. The molecular weight excluding hydrogens is 423 g/mol. The number of benzene rings is 2. The van der Waals surface area contributed by atoms with E-state index in [-0.39, 0.29) is 17.5 Å². The van der Waals surface area contributed by atoms with Gasteiger partial charge in [-0.05, 0) is 31.2 Å². The summed E-state index contributed by atoms with van der Waals surface area (Å²) < 4.78 is 25.8. The number of nitrogens with zero attached hydrogens (tertiary/aromatic N) is 4. The van der Waals surface area contributed by atoms with E-state index in [4.69, 9.17) is 14.5 Å². The number of para-hydroxylation sites is 1. The molecule has 0 unspecified atom stereocenters. The van der Waals surface area contributed by atoms with Gasteiger partial charge in [0.05, 0.1) is 31.0 Å². The fourth-order valence-electron chi connectivity index (χ4n) is 4.13. The monoisotopic (exact) mass is 448 g/mol. The van der Waals surface area contributed by atoms with Crippen LogP contribution in [0.1, 0.15) is 27.2 Å². The Morgan fingerprint density at radius 3 is 2.67 bits per heavy atom. The summed E-state index contributed by atoms with van der Waals surface area (Å²) in [4.78, 5) is 26.4. The van der Waals surface area contributed by atoms with Gasteiger partial charge in [0.2, 0.25) is 11.8 Å². The average molecular weight is 448 g/mol. The molecule has 0 spiro atoms. The minimum Gasteiger partial charge on any atom is -0.435 e. The second-order valence-electron chi connectivity index (χ2n) is 8.23. The molecule has 33 heavy (non-hydrogen) atoms. The van der Waals surface area contributed by atoms with Crippen molar-refractivity contribution in [1.29, 1.82) is 0 Å². The number of rotatable bonds is 4. The Labute approximate surface area is 191 Å². The predicted octanol–water partition coefficient (Wildman–Crippen LogP) is 3.75. The molecule has 7 nitrogen and oxygen atoms in total. The summed E-state index contributed by atoms with van der Waals surface area (Å²) in [6.07, 6.45) is 0.570. The highest BCUT2D eigenvalue weighted by Crippen LogP contribution is 2.33. The fraction of sp³-hybridized carbons (Fsp3) is 0.320. The molecule has 1 amide bonds. The van der Waals surface area contributed by atoms with Crippen molar-refractivity contribution in [2.75, 3.05) is 37.7 Å². The first-order chi connectivity index (χ1) is 16.1. The summed E-state index contributed by atoms with van der Waals surface area (Å²) in [5, 5.41) is 0. The third-order valence-corrected chi connectivity index (χ3v) is 5.90. The van der Waals surface area contributed by atoms with E-state index >= 15 is 0 Å². The minimum absolute atomic E-state index is 0.0570. The summed E-state index contributed by atoms with van der Waals surface area (Å²) in [5.74, 6) is 0.392. The molecule has 1 fully saturated rings. The summed E-state index contributed by atoms with van der Waals surface area (Å²) >= 11 is 0. The fourth-order valence-corrected chi connectivity index (χ4v) is 4.13. The van der Waals surface area contributed by atoms with Crippen LogP contribution in [0.3, 0.4) is 0 Å². The zero-order valence-electron chi connectivity index (χ0n) is 18.5. The lowest BCUT2D eigenvalue weighted by Gasteiger charge is -2.32. The van der Waals surface area contributed by atoms with Crippen LogP contribution in [0.2, 0.25) is 0 Å². The minimum atomic E-state index is -0.471. The Bertz CT molecular complexity index is 1180. The van der Waals surface area contributed by atoms with E-state index in [0.717, 1.165) is 11.3 Å². The first-order valence-electron chi connectivity index (χ1n) is 11.1. The normalized spacial score (nSPS) is 15.8. The first-order valence-corrected chi connectivity index (χ1v) is 11.1. The Hall–Kier alpha value is -3.52. The van der Waals surface area contributed by atoms with Gasteiger partial charge in [-0.25, -0.2) is 9.37 Å². The number of aryl methyl sites for hydroxylation is 1. The predicted molar refractivity (Wildman–Crippen MR) is 121 cm³/mol. The van der Waals surface area contributed by atoms with Crippen LogP contribution in [0, 0.1) is 12.7 Å². The van der Waals surface area contributed by atoms with E-state index in [9.17, 15) is 9.18 Å². The van der Waals surface area contributed by atoms with E-state index in [1.165, 1.54) is 6.07 Å². The quantitative estimate of drug-likeness (QED) is 0.606. The van der Waals surface area contributed by atoms with Gasteiger partial charge < -0.3 is 19.3 Å². The van der Waals surface area contributed by atoms with Crippen LogP contribution < -0.4 is 9.64 Å². The molecule has 0 N–H and O–H groups in total. The molecule has 1 saturated heterocycles. The van der Waals surface area contributed by atoms with Gasteiger partial charge >= 0.3 is 0 Å². The Morgan fingerprint density at radius 2 is 1.88 bits per heavy atom. The van der Waals surface area contributed by atoms with Crippen molar-refractivity contribution in [3.63, 3.8) is 0 Å². The van der Waals surface area contributed by atoms with Gasteiger partial charge in [0.25, 0.3) is 5.91 Å². The number of halogens is 1. The molecule has 0 bridgehead atoms.